The lowest BCUT2D eigenvalue weighted by atomic mass is 10.2. The molecule has 2 amide bonds. The van der Waals surface area contributed by atoms with Crippen molar-refractivity contribution in [1.29, 1.82) is 0 Å². The van der Waals surface area contributed by atoms with Crippen LogP contribution in [-0.2, 0) is 0 Å². The second-order valence-corrected chi connectivity index (χ2v) is 5.70. The number of methoxy groups -OCH3 is 1. The SMILES string of the molecule is COc1cc(C)ccc1OCCNC(=O)Nc1cccc(Cl)c1C. The molecule has 0 saturated heterocycles. The van der Waals surface area contributed by atoms with Gasteiger partial charge in [0.2, 0.25) is 0 Å². The Bertz CT molecular complexity index is 719. The molecule has 0 heterocycles. The highest BCUT2D eigenvalue weighted by Gasteiger charge is 2.07. The third-order valence-electron chi connectivity index (χ3n) is 3.48. The van der Waals surface area contributed by atoms with E-state index in [1.807, 2.05) is 32.0 Å². The minimum absolute atomic E-state index is 0.306. The van der Waals surface area contributed by atoms with E-state index in [4.69, 9.17) is 21.1 Å². The average Bonchev–Trinajstić information content (AvgIpc) is 2.56. The highest BCUT2D eigenvalue weighted by Crippen LogP contribution is 2.27. The zero-order valence-electron chi connectivity index (χ0n) is 14.0. The van der Waals surface area contributed by atoms with E-state index in [2.05, 4.69) is 10.6 Å². The van der Waals surface area contributed by atoms with Crippen LogP contribution >= 0.6 is 11.6 Å². The fraction of sp³-hybridized carbons (Fsp3) is 0.278. The van der Waals surface area contributed by atoms with Crippen LogP contribution in [0.2, 0.25) is 5.02 Å². The number of urea groups is 1. The van der Waals surface area contributed by atoms with Crippen LogP contribution in [0.3, 0.4) is 0 Å². The maximum Gasteiger partial charge on any atom is 0.319 e. The number of anilines is 1. The molecule has 2 aromatic carbocycles. The van der Waals surface area contributed by atoms with Gasteiger partial charge in [0.05, 0.1) is 13.7 Å². The maximum atomic E-state index is 11.9. The molecule has 0 aliphatic carbocycles. The van der Waals surface area contributed by atoms with E-state index < -0.39 is 0 Å². The molecule has 2 rings (SSSR count). The Balaban J connectivity index is 1.80. The fourth-order valence-electron chi connectivity index (χ4n) is 2.13. The van der Waals surface area contributed by atoms with Crippen molar-refractivity contribution >= 4 is 23.3 Å². The molecule has 0 bridgehead atoms. The molecule has 0 atom stereocenters. The number of carbonyl (C=O) groups excluding carboxylic acids is 1. The van der Waals surface area contributed by atoms with Crippen LogP contribution in [0.25, 0.3) is 0 Å². The van der Waals surface area contributed by atoms with Crippen LogP contribution in [0, 0.1) is 13.8 Å². The van der Waals surface area contributed by atoms with Gasteiger partial charge in [0.25, 0.3) is 0 Å². The van der Waals surface area contributed by atoms with Crippen LogP contribution in [-0.4, -0.2) is 26.3 Å². The summed E-state index contributed by atoms with van der Waals surface area (Å²) in [7, 11) is 1.60. The van der Waals surface area contributed by atoms with Crippen molar-refractivity contribution < 1.29 is 14.3 Å². The first-order valence-corrected chi connectivity index (χ1v) is 7.96. The first kappa shape index (κ1) is 17.9. The molecule has 0 saturated carbocycles. The summed E-state index contributed by atoms with van der Waals surface area (Å²) in [5.41, 5.74) is 2.60. The van der Waals surface area contributed by atoms with E-state index in [0.717, 1.165) is 11.1 Å². The molecule has 0 aliphatic rings. The quantitative estimate of drug-likeness (QED) is 0.770. The van der Waals surface area contributed by atoms with Gasteiger partial charge in [0.15, 0.2) is 11.5 Å². The molecule has 0 unspecified atom stereocenters. The van der Waals surface area contributed by atoms with Gasteiger partial charge in [-0.15, -0.1) is 0 Å². The summed E-state index contributed by atoms with van der Waals surface area (Å²) in [5, 5.41) is 6.12. The van der Waals surface area contributed by atoms with Crippen LogP contribution in [0.4, 0.5) is 10.5 Å². The monoisotopic (exact) mass is 348 g/mol. The number of rotatable bonds is 6. The van der Waals surface area contributed by atoms with Gasteiger partial charge >= 0.3 is 6.03 Å². The summed E-state index contributed by atoms with van der Waals surface area (Å²) >= 11 is 6.03. The van der Waals surface area contributed by atoms with E-state index >= 15 is 0 Å². The molecular formula is C18H21ClN2O3. The number of halogens is 1. The van der Waals surface area contributed by atoms with Gasteiger partial charge in [0.1, 0.15) is 6.61 Å². The molecule has 0 spiro atoms. The van der Waals surface area contributed by atoms with Crippen molar-refractivity contribution in [3.63, 3.8) is 0 Å². The summed E-state index contributed by atoms with van der Waals surface area (Å²) in [6, 6.07) is 10.8. The summed E-state index contributed by atoms with van der Waals surface area (Å²) < 4.78 is 10.9. The highest BCUT2D eigenvalue weighted by atomic mass is 35.5. The summed E-state index contributed by atoms with van der Waals surface area (Å²) in [4.78, 5) is 11.9. The van der Waals surface area contributed by atoms with Gasteiger partial charge in [-0.2, -0.15) is 0 Å². The van der Waals surface area contributed by atoms with Crippen LogP contribution < -0.4 is 20.1 Å². The molecule has 128 valence electrons. The second-order valence-electron chi connectivity index (χ2n) is 5.30. The van der Waals surface area contributed by atoms with Gasteiger partial charge in [-0.25, -0.2) is 4.79 Å². The normalized spacial score (nSPS) is 10.2. The zero-order chi connectivity index (χ0) is 17.5. The minimum atomic E-state index is -0.306. The van der Waals surface area contributed by atoms with Crippen molar-refractivity contribution in [3.05, 3.63) is 52.5 Å². The predicted molar refractivity (Wildman–Crippen MR) is 96.4 cm³/mol. The van der Waals surface area contributed by atoms with Crippen molar-refractivity contribution in [3.8, 4) is 11.5 Å². The molecular weight excluding hydrogens is 328 g/mol. The second kappa shape index (κ2) is 8.45. The molecule has 5 nitrogen and oxygen atoms in total. The molecule has 0 fully saturated rings. The van der Waals surface area contributed by atoms with Crippen molar-refractivity contribution in [1.82, 2.24) is 5.32 Å². The van der Waals surface area contributed by atoms with Gasteiger partial charge in [-0.3, -0.25) is 0 Å². The number of amides is 2. The summed E-state index contributed by atoms with van der Waals surface area (Å²) in [6.07, 6.45) is 0. The van der Waals surface area contributed by atoms with Gasteiger partial charge < -0.3 is 20.1 Å². The number of carbonyl (C=O) groups is 1. The lowest BCUT2D eigenvalue weighted by Gasteiger charge is -2.13. The molecule has 2 aromatic rings. The number of hydrogen-bond donors (Lipinski definition) is 2. The third-order valence-corrected chi connectivity index (χ3v) is 3.89. The van der Waals surface area contributed by atoms with Crippen LogP contribution in [0.1, 0.15) is 11.1 Å². The van der Waals surface area contributed by atoms with E-state index in [1.54, 1.807) is 25.3 Å². The van der Waals surface area contributed by atoms with E-state index in [9.17, 15) is 4.79 Å². The highest BCUT2D eigenvalue weighted by molar-refractivity contribution is 6.31. The third kappa shape index (κ3) is 4.80. The van der Waals surface area contributed by atoms with Crippen LogP contribution in [0.15, 0.2) is 36.4 Å². The van der Waals surface area contributed by atoms with Gasteiger partial charge in [-0.05, 0) is 49.2 Å². The number of hydrogen-bond acceptors (Lipinski definition) is 3. The molecule has 0 aromatic heterocycles. The fourth-order valence-corrected chi connectivity index (χ4v) is 2.30. The number of ether oxygens (including phenoxy) is 2. The minimum Gasteiger partial charge on any atom is -0.493 e. The predicted octanol–water partition coefficient (Wildman–Crippen LogP) is 4.17. The standard InChI is InChI=1S/C18H21ClN2O3/c1-12-7-8-16(17(11-12)23-3)24-10-9-20-18(22)21-15-6-4-5-14(19)13(15)2/h4-8,11H,9-10H2,1-3H3,(H2,20,21,22). The Morgan fingerprint density at radius 1 is 1.17 bits per heavy atom. The Morgan fingerprint density at radius 3 is 2.71 bits per heavy atom. The lowest BCUT2D eigenvalue weighted by molar-refractivity contribution is 0.246. The largest absolute Gasteiger partial charge is 0.493 e. The van der Waals surface area contributed by atoms with Gasteiger partial charge in [-0.1, -0.05) is 23.7 Å². The average molecular weight is 349 g/mol. The Kier molecular flexibility index (Phi) is 6.32. The molecule has 0 aliphatic heterocycles. The number of nitrogens with one attached hydrogen (secondary N) is 2. The van der Waals surface area contributed by atoms with Crippen molar-refractivity contribution in [2.24, 2.45) is 0 Å². The number of benzene rings is 2. The van der Waals surface area contributed by atoms with Crippen LogP contribution in [0.5, 0.6) is 11.5 Å². The van der Waals surface area contributed by atoms with E-state index in [-0.39, 0.29) is 6.03 Å². The lowest BCUT2D eigenvalue weighted by Crippen LogP contribution is -2.32. The first-order chi connectivity index (χ1) is 11.5. The summed E-state index contributed by atoms with van der Waals surface area (Å²) in [5.74, 6) is 1.32. The van der Waals surface area contributed by atoms with Crippen molar-refractivity contribution in [2.45, 2.75) is 13.8 Å². The summed E-state index contributed by atoms with van der Waals surface area (Å²) in [6.45, 7) is 4.53. The topological polar surface area (TPSA) is 59.6 Å². The molecule has 0 radical (unpaired) electrons. The van der Waals surface area contributed by atoms with Gasteiger partial charge in [0, 0.05) is 10.7 Å². The van der Waals surface area contributed by atoms with E-state index in [1.165, 1.54) is 0 Å². The Morgan fingerprint density at radius 2 is 1.96 bits per heavy atom. The molecule has 6 heteroatoms. The van der Waals surface area contributed by atoms with E-state index in [0.29, 0.717) is 35.4 Å². The van der Waals surface area contributed by atoms with Crippen molar-refractivity contribution in [2.75, 3.05) is 25.6 Å². The Hall–Kier alpha value is -2.40. The maximum absolute atomic E-state index is 11.9. The zero-order valence-corrected chi connectivity index (χ0v) is 14.7. The Labute approximate surface area is 146 Å². The number of aryl methyl sites for hydroxylation is 1. The molecule has 24 heavy (non-hydrogen) atoms. The molecule has 2 N–H and O–H groups in total. The smallest absolute Gasteiger partial charge is 0.319 e. The first-order valence-electron chi connectivity index (χ1n) is 7.58.